The van der Waals surface area contributed by atoms with Crippen molar-refractivity contribution in [3.63, 3.8) is 0 Å². The van der Waals surface area contributed by atoms with E-state index in [1.54, 1.807) is 0 Å². The van der Waals surface area contributed by atoms with Crippen LogP contribution in [0.1, 0.15) is 6.42 Å². The monoisotopic (exact) mass is 421 g/mol. The van der Waals surface area contributed by atoms with Gasteiger partial charge in [0, 0.05) is 49.9 Å². The van der Waals surface area contributed by atoms with Crippen molar-refractivity contribution >= 4 is 0 Å². The molecule has 0 aliphatic carbocycles. The highest BCUT2D eigenvalue weighted by atomic mass is 16.7. The summed E-state index contributed by atoms with van der Waals surface area (Å²) in [5, 5.41) is 4.21. The van der Waals surface area contributed by atoms with Gasteiger partial charge in [-0.2, -0.15) is 0 Å². The molecule has 0 spiro atoms. The van der Waals surface area contributed by atoms with Gasteiger partial charge in [0.2, 0.25) is 6.79 Å². The van der Waals surface area contributed by atoms with Gasteiger partial charge in [0.25, 0.3) is 0 Å². The second-order valence-electron chi connectivity index (χ2n) is 8.02. The lowest BCUT2D eigenvalue weighted by Crippen LogP contribution is -2.44. The molecule has 0 N–H and O–H groups in total. The predicted octanol–water partition coefficient (Wildman–Crippen LogP) is 3.75. The molecule has 2 aromatic carbocycles. The standard InChI is InChI=1S/C24H27N3O4/c1-26-10-12-27(13-11-26)9-2-14-28-20-6-3-18(4-7-20)23-16-21(25-31-23)19-5-8-22-24(15-19)30-17-29-22/h3-8,15-16H,2,9-14,17H2,1H3. The van der Waals surface area contributed by atoms with Gasteiger partial charge in [0.05, 0.1) is 6.61 Å². The SMILES string of the molecule is CN1CCN(CCCOc2ccc(-c3cc(-c4ccc5c(c4)OCO5)no3)cc2)CC1. The minimum atomic E-state index is 0.257. The summed E-state index contributed by atoms with van der Waals surface area (Å²) < 4.78 is 22.3. The molecule has 1 fully saturated rings. The van der Waals surface area contributed by atoms with Crippen molar-refractivity contribution in [2.75, 3.05) is 53.2 Å². The van der Waals surface area contributed by atoms with Gasteiger partial charge in [-0.25, -0.2) is 0 Å². The van der Waals surface area contributed by atoms with Crippen LogP contribution in [-0.2, 0) is 0 Å². The number of rotatable bonds is 7. The molecule has 31 heavy (non-hydrogen) atoms. The highest BCUT2D eigenvalue weighted by molar-refractivity contribution is 5.69. The zero-order chi connectivity index (χ0) is 21.0. The third-order valence-electron chi connectivity index (χ3n) is 5.80. The van der Waals surface area contributed by atoms with Crippen molar-refractivity contribution in [2.45, 2.75) is 6.42 Å². The van der Waals surface area contributed by atoms with Crippen LogP contribution in [0, 0.1) is 0 Å². The average Bonchev–Trinajstić information content (AvgIpc) is 3.48. The van der Waals surface area contributed by atoms with E-state index >= 15 is 0 Å². The molecule has 2 aliphatic heterocycles. The summed E-state index contributed by atoms with van der Waals surface area (Å²) in [6.07, 6.45) is 1.03. The first-order chi connectivity index (χ1) is 15.2. The number of piperazine rings is 1. The molecule has 3 aromatic rings. The maximum absolute atomic E-state index is 5.92. The minimum absolute atomic E-state index is 0.257. The molecule has 7 nitrogen and oxygen atoms in total. The molecule has 0 amide bonds. The Morgan fingerprint density at radius 1 is 0.903 bits per heavy atom. The van der Waals surface area contributed by atoms with Crippen molar-refractivity contribution in [1.29, 1.82) is 0 Å². The number of aromatic nitrogens is 1. The number of fused-ring (bicyclic) bond motifs is 1. The number of hydrogen-bond acceptors (Lipinski definition) is 7. The highest BCUT2D eigenvalue weighted by Crippen LogP contribution is 2.36. The van der Waals surface area contributed by atoms with Gasteiger partial charge in [-0.15, -0.1) is 0 Å². The number of ether oxygens (including phenoxy) is 3. The summed E-state index contributed by atoms with van der Waals surface area (Å²) >= 11 is 0. The Labute approximate surface area is 182 Å². The zero-order valence-corrected chi connectivity index (χ0v) is 17.8. The third-order valence-corrected chi connectivity index (χ3v) is 5.80. The molecule has 0 bridgehead atoms. The van der Waals surface area contributed by atoms with Gasteiger partial charge in [-0.05, 0) is 55.9 Å². The minimum Gasteiger partial charge on any atom is -0.494 e. The fourth-order valence-electron chi connectivity index (χ4n) is 3.87. The summed E-state index contributed by atoms with van der Waals surface area (Å²) in [4.78, 5) is 4.88. The Kier molecular flexibility index (Phi) is 5.78. The van der Waals surface area contributed by atoms with Crippen molar-refractivity contribution < 1.29 is 18.7 Å². The molecule has 1 saturated heterocycles. The van der Waals surface area contributed by atoms with Crippen LogP contribution in [0.25, 0.3) is 22.6 Å². The quantitative estimate of drug-likeness (QED) is 0.539. The molecule has 1 aromatic heterocycles. The van der Waals surface area contributed by atoms with Crippen LogP contribution < -0.4 is 14.2 Å². The number of likely N-dealkylation sites (N-methyl/N-ethyl adjacent to an activating group) is 1. The van der Waals surface area contributed by atoms with Crippen LogP contribution in [0.4, 0.5) is 0 Å². The fourth-order valence-corrected chi connectivity index (χ4v) is 3.87. The third kappa shape index (κ3) is 4.68. The molecule has 0 radical (unpaired) electrons. The first kappa shape index (κ1) is 19.9. The van der Waals surface area contributed by atoms with Gasteiger partial charge in [-0.1, -0.05) is 5.16 Å². The lowest BCUT2D eigenvalue weighted by molar-refractivity contribution is 0.145. The van der Waals surface area contributed by atoms with E-state index in [9.17, 15) is 0 Å². The first-order valence-corrected chi connectivity index (χ1v) is 10.8. The van der Waals surface area contributed by atoms with E-state index in [1.807, 2.05) is 48.5 Å². The molecule has 0 atom stereocenters. The Bertz CT molecular complexity index is 1010. The smallest absolute Gasteiger partial charge is 0.231 e. The molecule has 162 valence electrons. The maximum Gasteiger partial charge on any atom is 0.231 e. The molecule has 7 heteroatoms. The van der Waals surface area contributed by atoms with E-state index in [0.29, 0.717) is 5.76 Å². The van der Waals surface area contributed by atoms with Gasteiger partial charge < -0.3 is 28.5 Å². The van der Waals surface area contributed by atoms with Crippen molar-refractivity contribution in [3.8, 4) is 39.8 Å². The molecule has 0 saturated carbocycles. The zero-order valence-electron chi connectivity index (χ0n) is 17.8. The van der Waals surface area contributed by atoms with E-state index in [2.05, 4.69) is 22.0 Å². The lowest BCUT2D eigenvalue weighted by atomic mass is 10.1. The van der Waals surface area contributed by atoms with Crippen molar-refractivity contribution in [3.05, 3.63) is 48.5 Å². The Morgan fingerprint density at radius 2 is 1.68 bits per heavy atom. The Morgan fingerprint density at radius 3 is 2.52 bits per heavy atom. The summed E-state index contributed by atoms with van der Waals surface area (Å²) in [6.45, 7) is 6.68. The van der Waals surface area contributed by atoms with E-state index in [0.717, 1.165) is 79.8 Å². The van der Waals surface area contributed by atoms with Gasteiger partial charge in [-0.3, -0.25) is 0 Å². The van der Waals surface area contributed by atoms with Crippen LogP contribution in [0.5, 0.6) is 17.2 Å². The van der Waals surface area contributed by atoms with Gasteiger partial charge in [0.15, 0.2) is 17.3 Å². The molecule has 0 unspecified atom stereocenters. The number of nitrogens with zero attached hydrogens (tertiary/aromatic N) is 3. The predicted molar refractivity (Wildman–Crippen MR) is 118 cm³/mol. The van der Waals surface area contributed by atoms with E-state index in [4.69, 9.17) is 18.7 Å². The summed E-state index contributed by atoms with van der Waals surface area (Å²) in [7, 11) is 2.18. The summed E-state index contributed by atoms with van der Waals surface area (Å²) in [5.41, 5.74) is 2.65. The van der Waals surface area contributed by atoms with Crippen molar-refractivity contribution in [2.24, 2.45) is 0 Å². The summed E-state index contributed by atoms with van der Waals surface area (Å²) in [5.74, 6) is 3.08. The normalized spacial score (nSPS) is 16.5. The van der Waals surface area contributed by atoms with Crippen LogP contribution in [0.2, 0.25) is 0 Å². The van der Waals surface area contributed by atoms with Crippen LogP contribution in [0.3, 0.4) is 0 Å². The van der Waals surface area contributed by atoms with E-state index in [-0.39, 0.29) is 6.79 Å². The summed E-state index contributed by atoms with van der Waals surface area (Å²) in [6, 6.07) is 15.7. The maximum atomic E-state index is 5.92. The second kappa shape index (κ2) is 8.99. The molecule has 2 aliphatic rings. The Hall–Kier alpha value is -3.03. The topological polar surface area (TPSA) is 60.2 Å². The van der Waals surface area contributed by atoms with Gasteiger partial charge in [0.1, 0.15) is 11.4 Å². The largest absolute Gasteiger partial charge is 0.494 e. The van der Waals surface area contributed by atoms with E-state index in [1.165, 1.54) is 0 Å². The Balaban J connectivity index is 1.14. The fraction of sp³-hybridized carbons (Fsp3) is 0.375. The number of hydrogen-bond donors (Lipinski definition) is 0. The molecular formula is C24H27N3O4. The molecule has 5 rings (SSSR count). The highest BCUT2D eigenvalue weighted by Gasteiger charge is 2.16. The second-order valence-corrected chi connectivity index (χ2v) is 8.02. The van der Waals surface area contributed by atoms with Crippen LogP contribution in [0.15, 0.2) is 53.1 Å². The van der Waals surface area contributed by atoms with E-state index < -0.39 is 0 Å². The average molecular weight is 421 g/mol. The van der Waals surface area contributed by atoms with Gasteiger partial charge >= 0.3 is 0 Å². The molecular weight excluding hydrogens is 394 g/mol. The lowest BCUT2D eigenvalue weighted by Gasteiger charge is -2.32. The number of benzene rings is 2. The van der Waals surface area contributed by atoms with Crippen molar-refractivity contribution in [1.82, 2.24) is 15.0 Å². The van der Waals surface area contributed by atoms with Crippen LogP contribution >= 0.6 is 0 Å². The molecule has 3 heterocycles. The first-order valence-electron chi connectivity index (χ1n) is 10.8. The van der Waals surface area contributed by atoms with Crippen LogP contribution in [-0.4, -0.2) is 68.1 Å².